The summed E-state index contributed by atoms with van der Waals surface area (Å²) in [5, 5.41) is 2.82. The molecule has 1 amide bonds. The number of nitrogens with two attached hydrogens (primary N) is 1. The van der Waals surface area contributed by atoms with E-state index in [1.807, 2.05) is 43.3 Å². The van der Waals surface area contributed by atoms with Gasteiger partial charge in [0.25, 0.3) is 5.91 Å². The maximum Gasteiger partial charge on any atom is 0.253 e. The topological polar surface area (TPSA) is 67.6 Å². The molecule has 24 heavy (non-hydrogen) atoms. The van der Waals surface area contributed by atoms with E-state index >= 15 is 0 Å². The number of hydrogen-bond donors (Lipinski definition) is 2. The van der Waals surface area contributed by atoms with E-state index in [-0.39, 0.29) is 17.3 Å². The lowest BCUT2D eigenvalue weighted by Crippen LogP contribution is -2.34. The smallest absolute Gasteiger partial charge is 0.253 e. The fourth-order valence-corrected chi connectivity index (χ4v) is 2.43. The number of halogens is 1. The molecule has 0 aliphatic heterocycles. The minimum atomic E-state index is -0.492. The Kier molecular flexibility index (Phi) is 5.76. The van der Waals surface area contributed by atoms with Gasteiger partial charge in [-0.3, -0.25) is 4.79 Å². The highest BCUT2D eigenvalue weighted by atomic mass is 19.1. The Morgan fingerprint density at radius 1 is 1.25 bits per heavy atom. The van der Waals surface area contributed by atoms with Crippen LogP contribution >= 0.6 is 0 Å². The van der Waals surface area contributed by atoms with Crippen LogP contribution in [0.15, 0.2) is 42.5 Å². The van der Waals surface area contributed by atoms with E-state index in [1.165, 1.54) is 12.1 Å². The Balaban J connectivity index is 2.10. The van der Waals surface area contributed by atoms with Crippen molar-refractivity contribution < 1.29 is 13.9 Å². The van der Waals surface area contributed by atoms with Crippen molar-refractivity contribution >= 4 is 11.6 Å². The van der Waals surface area contributed by atoms with Crippen LogP contribution < -0.4 is 15.8 Å². The number of amides is 1. The Bertz CT molecular complexity index is 702. The number of hydrogen-bond acceptors (Lipinski definition) is 4. The molecule has 2 aromatic rings. The molecule has 3 N–H and O–H groups in total. The normalized spacial score (nSPS) is 12.0. The van der Waals surface area contributed by atoms with Crippen LogP contribution in [0, 0.1) is 5.82 Å². The number of nitrogens with one attached hydrogen (secondary N) is 1. The van der Waals surface area contributed by atoms with Crippen LogP contribution in [0.3, 0.4) is 0 Å². The zero-order valence-corrected chi connectivity index (χ0v) is 14.0. The van der Waals surface area contributed by atoms with Gasteiger partial charge < -0.3 is 20.7 Å². The molecule has 2 aromatic carbocycles. The summed E-state index contributed by atoms with van der Waals surface area (Å²) in [4.78, 5) is 14.3. The van der Waals surface area contributed by atoms with Gasteiger partial charge in [0.15, 0.2) is 0 Å². The molecule has 5 nitrogen and oxygen atoms in total. The van der Waals surface area contributed by atoms with E-state index in [2.05, 4.69) is 5.32 Å². The lowest BCUT2D eigenvalue weighted by molar-refractivity contribution is 0.0942. The molecule has 0 saturated carbocycles. The molecule has 0 aromatic heterocycles. The Labute approximate surface area is 141 Å². The van der Waals surface area contributed by atoms with Crippen molar-refractivity contribution in [2.24, 2.45) is 0 Å². The number of rotatable bonds is 6. The second-order valence-corrected chi connectivity index (χ2v) is 5.69. The largest absolute Gasteiger partial charge is 0.497 e. The molecule has 0 heterocycles. The highest BCUT2D eigenvalue weighted by molar-refractivity contribution is 5.99. The van der Waals surface area contributed by atoms with Crippen LogP contribution in [-0.2, 0) is 0 Å². The quantitative estimate of drug-likeness (QED) is 0.798. The van der Waals surface area contributed by atoms with E-state index in [1.54, 1.807) is 7.11 Å². The number of ether oxygens (including phenoxy) is 1. The number of carbonyl (C=O) groups is 1. The van der Waals surface area contributed by atoms with Crippen LogP contribution in [0.1, 0.15) is 22.0 Å². The van der Waals surface area contributed by atoms with Crippen molar-refractivity contribution in [2.45, 2.75) is 6.04 Å². The Morgan fingerprint density at radius 3 is 2.50 bits per heavy atom. The number of anilines is 1. The van der Waals surface area contributed by atoms with Gasteiger partial charge >= 0.3 is 0 Å². The number of nitrogen functional groups attached to an aromatic ring is 1. The zero-order valence-electron chi connectivity index (χ0n) is 14.0. The maximum absolute atomic E-state index is 13.3. The van der Waals surface area contributed by atoms with Crippen molar-refractivity contribution in [2.75, 3.05) is 33.5 Å². The molecule has 0 bridgehead atoms. The van der Waals surface area contributed by atoms with Gasteiger partial charge in [-0.25, -0.2) is 4.39 Å². The van der Waals surface area contributed by atoms with Crippen LogP contribution in [0.2, 0.25) is 0 Å². The van der Waals surface area contributed by atoms with Crippen molar-refractivity contribution in [3.63, 3.8) is 0 Å². The first kappa shape index (κ1) is 17.7. The number of nitrogens with zero attached hydrogens (tertiary/aromatic N) is 1. The SMILES string of the molecule is COc1ccc(C(CNC(=O)c2cc(F)ccc2N)N(C)C)cc1. The molecule has 6 heteroatoms. The van der Waals surface area contributed by atoms with Crippen LogP contribution in [0.5, 0.6) is 5.75 Å². The molecule has 2 rings (SSSR count). The minimum absolute atomic E-state index is 0.0327. The zero-order chi connectivity index (χ0) is 17.7. The molecule has 128 valence electrons. The van der Waals surface area contributed by atoms with Gasteiger partial charge in [0.1, 0.15) is 11.6 Å². The maximum atomic E-state index is 13.3. The third kappa shape index (κ3) is 4.23. The third-order valence-corrected chi connectivity index (χ3v) is 3.84. The molecule has 1 unspecified atom stereocenters. The van der Waals surface area contributed by atoms with Crippen molar-refractivity contribution in [3.05, 3.63) is 59.4 Å². The number of methoxy groups -OCH3 is 1. The van der Waals surface area contributed by atoms with E-state index in [0.717, 1.165) is 17.4 Å². The van der Waals surface area contributed by atoms with E-state index in [4.69, 9.17) is 10.5 Å². The molecule has 0 radical (unpaired) electrons. The monoisotopic (exact) mass is 331 g/mol. The van der Waals surface area contributed by atoms with E-state index in [0.29, 0.717) is 6.54 Å². The first-order valence-corrected chi connectivity index (χ1v) is 7.56. The molecule has 0 aliphatic rings. The summed E-state index contributed by atoms with van der Waals surface area (Å²) in [5.74, 6) is -0.117. The van der Waals surface area contributed by atoms with E-state index in [9.17, 15) is 9.18 Å². The molecule has 0 spiro atoms. The van der Waals surface area contributed by atoms with Gasteiger partial charge in [0, 0.05) is 12.2 Å². The van der Waals surface area contributed by atoms with Crippen LogP contribution in [0.4, 0.5) is 10.1 Å². The first-order valence-electron chi connectivity index (χ1n) is 7.56. The summed E-state index contributed by atoms with van der Waals surface area (Å²) in [6.07, 6.45) is 0. The molecule has 1 atom stereocenters. The Morgan fingerprint density at radius 2 is 1.92 bits per heavy atom. The summed E-state index contributed by atoms with van der Waals surface area (Å²) in [6.45, 7) is 0.369. The predicted octanol–water partition coefficient (Wildman–Crippen LogP) is 2.45. The lowest BCUT2D eigenvalue weighted by atomic mass is 10.1. The molecule has 0 aliphatic carbocycles. The average Bonchev–Trinajstić information content (AvgIpc) is 2.57. The van der Waals surface area contributed by atoms with Crippen molar-refractivity contribution in [1.82, 2.24) is 10.2 Å². The fourth-order valence-electron chi connectivity index (χ4n) is 2.43. The summed E-state index contributed by atoms with van der Waals surface area (Å²) in [5.41, 5.74) is 7.17. The van der Waals surface area contributed by atoms with Gasteiger partial charge in [-0.05, 0) is 50.0 Å². The van der Waals surface area contributed by atoms with Gasteiger partial charge in [-0.1, -0.05) is 12.1 Å². The standard InChI is InChI=1S/C18H22FN3O2/c1-22(2)17(12-4-7-14(24-3)8-5-12)11-21-18(23)15-10-13(19)6-9-16(15)20/h4-10,17H,11,20H2,1-3H3,(H,21,23). The number of carbonyl (C=O) groups excluding carboxylic acids is 1. The molecular formula is C18H22FN3O2. The first-order chi connectivity index (χ1) is 11.4. The number of likely N-dealkylation sites (N-methyl/N-ethyl adjacent to an activating group) is 1. The van der Waals surface area contributed by atoms with Gasteiger partial charge in [-0.2, -0.15) is 0 Å². The lowest BCUT2D eigenvalue weighted by Gasteiger charge is -2.25. The summed E-state index contributed by atoms with van der Waals surface area (Å²) in [7, 11) is 5.47. The molecule has 0 saturated heterocycles. The molecule has 0 fully saturated rings. The van der Waals surface area contributed by atoms with E-state index < -0.39 is 11.7 Å². The summed E-state index contributed by atoms with van der Waals surface area (Å²) >= 11 is 0. The van der Waals surface area contributed by atoms with Gasteiger partial charge in [-0.15, -0.1) is 0 Å². The van der Waals surface area contributed by atoms with Crippen molar-refractivity contribution in [3.8, 4) is 5.75 Å². The average molecular weight is 331 g/mol. The third-order valence-electron chi connectivity index (χ3n) is 3.84. The van der Waals surface area contributed by atoms with Crippen molar-refractivity contribution in [1.29, 1.82) is 0 Å². The highest BCUT2D eigenvalue weighted by Gasteiger charge is 2.17. The van der Waals surface area contributed by atoms with Gasteiger partial charge in [0.2, 0.25) is 0 Å². The second kappa shape index (κ2) is 7.79. The fraction of sp³-hybridized carbons (Fsp3) is 0.278. The minimum Gasteiger partial charge on any atom is -0.497 e. The second-order valence-electron chi connectivity index (χ2n) is 5.69. The van der Waals surface area contributed by atoms with Crippen LogP contribution in [-0.4, -0.2) is 38.6 Å². The summed E-state index contributed by atoms with van der Waals surface area (Å²) in [6, 6.07) is 11.4. The number of benzene rings is 2. The molecular weight excluding hydrogens is 309 g/mol. The highest BCUT2D eigenvalue weighted by Crippen LogP contribution is 2.21. The predicted molar refractivity (Wildman–Crippen MR) is 92.6 cm³/mol. The summed E-state index contributed by atoms with van der Waals surface area (Å²) < 4.78 is 18.5. The van der Waals surface area contributed by atoms with Crippen LogP contribution in [0.25, 0.3) is 0 Å². The Hall–Kier alpha value is -2.60. The van der Waals surface area contributed by atoms with Gasteiger partial charge in [0.05, 0.1) is 18.7 Å².